The van der Waals surface area contributed by atoms with Crippen molar-refractivity contribution in [3.8, 4) is 0 Å². The first-order valence-electron chi connectivity index (χ1n) is 5.68. The van der Waals surface area contributed by atoms with E-state index in [1.165, 1.54) is 22.0 Å². The van der Waals surface area contributed by atoms with Gasteiger partial charge in [-0.25, -0.2) is 0 Å². The predicted molar refractivity (Wildman–Crippen MR) is 70.2 cm³/mol. The van der Waals surface area contributed by atoms with Crippen molar-refractivity contribution in [2.75, 3.05) is 6.54 Å². The van der Waals surface area contributed by atoms with Gasteiger partial charge < -0.3 is 5.32 Å². The van der Waals surface area contributed by atoms with Crippen LogP contribution in [0.2, 0.25) is 0 Å². The highest BCUT2D eigenvalue weighted by molar-refractivity contribution is 9.10. The third kappa shape index (κ3) is 3.62. The zero-order valence-corrected chi connectivity index (χ0v) is 11.4. The Morgan fingerprint density at radius 1 is 1.33 bits per heavy atom. The first kappa shape index (κ1) is 12.7. The second-order valence-electron chi connectivity index (χ2n) is 3.94. The summed E-state index contributed by atoms with van der Waals surface area (Å²) < 4.78 is 1.22. The van der Waals surface area contributed by atoms with E-state index < -0.39 is 0 Å². The summed E-state index contributed by atoms with van der Waals surface area (Å²) in [5.41, 5.74) is 2.67. The lowest BCUT2D eigenvalue weighted by atomic mass is 10.0. The van der Waals surface area contributed by atoms with Crippen molar-refractivity contribution in [2.24, 2.45) is 0 Å². The molecule has 1 aromatic carbocycles. The molecule has 84 valence electrons. The van der Waals surface area contributed by atoms with Crippen LogP contribution in [0.5, 0.6) is 0 Å². The number of benzene rings is 1. The number of halogens is 1. The molecular weight excluding hydrogens is 250 g/mol. The molecule has 0 aliphatic carbocycles. The summed E-state index contributed by atoms with van der Waals surface area (Å²) in [5.74, 6) is 0. The number of nitrogens with one attached hydrogen (secondary N) is 1. The van der Waals surface area contributed by atoms with Gasteiger partial charge in [0.1, 0.15) is 0 Å². The van der Waals surface area contributed by atoms with Crippen LogP contribution in [0, 0.1) is 6.92 Å². The minimum absolute atomic E-state index is 0.472. The molecule has 0 aliphatic rings. The Kier molecular flexibility index (Phi) is 5.34. The lowest BCUT2D eigenvalue weighted by Gasteiger charge is -2.18. The molecule has 0 heterocycles. The lowest BCUT2D eigenvalue weighted by molar-refractivity contribution is 0.517. The van der Waals surface area contributed by atoms with Gasteiger partial charge in [0.15, 0.2) is 0 Å². The molecule has 15 heavy (non-hydrogen) atoms. The first-order valence-corrected chi connectivity index (χ1v) is 6.47. The van der Waals surface area contributed by atoms with Gasteiger partial charge in [0.05, 0.1) is 0 Å². The SMILES string of the molecule is CCCNC(CC)c1ccc(C)cc1Br. The van der Waals surface area contributed by atoms with Crippen LogP contribution >= 0.6 is 15.9 Å². The fraction of sp³-hybridized carbons (Fsp3) is 0.538. The number of aryl methyl sites for hydroxylation is 1. The molecule has 0 bridgehead atoms. The quantitative estimate of drug-likeness (QED) is 0.845. The van der Waals surface area contributed by atoms with Gasteiger partial charge >= 0.3 is 0 Å². The molecule has 0 fully saturated rings. The summed E-state index contributed by atoms with van der Waals surface area (Å²) >= 11 is 3.64. The Balaban J connectivity index is 2.81. The topological polar surface area (TPSA) is 12.0 Å². The van der Waals surface area contributed by atoms with Gasteiger partial charge in [-0.2, -0.15) is 0 Å². The summed E-state index contributed by atoms with van der Waals surface area (Å²) in [4.78, 5) is 0. The maximum absolute atomic E-state index is 3.64. The second-order valence-corrected chi connectivity index (χ2v) is 4.79. The van der Waals surface area contributed by atoms with Gasteiger partial charge in [0, 0.05) is 10.5 Å². The molecule has 0 spiro atoms. The second kappa shape index (κ2) is 6.29. The molecule has 1 N–H and O–H groups in total. The van der Waals surface area contributed by atoms with Crippen molar-refractivity contribution in [3.05, 3.63) is 33.8 Å². The minimum atomic E-state index is 0.472. The molecule has 0 aromatic heterocycles. The van der Waals surface area contributed by atoms with Crippen molar-refractivity contribution in [2.45, 2.75) is 39.7 Å². The summed E-state index contributed by atoms with van der Waals surface area (Å²) in [6.45, 7) is 7.62. The van der Waals surface area contributed by atoms with Gasteiger partial charge in [-0.3, -0.25) is 0 Å². The standard InChI is InChI=1S/C13H20BrN/c1-4-8-15-13(5-2)11-7-6-10(3)9-12(11)14/h6-7,9,13,15H,4-5,8H2,1-3H3. The lowest BCUT2D eigenvalue weighted by Crippen LogP contribution is -2.21. The predicted octanol–water partition coefficient (Wildman–Crippen LogP) is 4.21. The zero-order chi connectivity index (χ0) is 11.3. The van der Waals surface area contributed by atoms with E-state index in [0.717, 1.165) is 13.0 Å². The van der Waals surface area contributed by atoms with E-state index in [1.807, 2.05) is 0 Å². The van der Waals surface area contributed by atoms with Crippen LogP contribution in [0.1, 0.15) is 43.9 Å². The minimum Gasteiger partial charge on any atom is -0.310 e. The average Bonchev–Trinajstić information content (AvgIpc) is 2.21. The zero-order valence-electron chi connectivity index (χ0n) is 9.81. The molecule has 2 heteroatoms. The molecule has 1 rings (SSSR count). The number of hydrogen-bond acceptors (Lipinski definition) is 1. The number of hydrogen-bond donors (Lipinski definition) is 1. The van der Waals surface area contributed by atoms with E-state index in [0.29, 0.717) is 6.04 Å². The Bertz CT molecular complexity index is 309. The highest BCUT2D eigenvalue weighted by Crippen LogP contribution is 2.26. The molecule has 0 amide bonds. The van der Waals surface area contributed by atoms with E-state index >= 15 is 0 Å². The van der Waals surface area contributed by atoms with Crippen LogP contribution in [-0.4, -0.2) is 6.54 Å². The summed E-state index contributed by atoms with van der Waals surface area (Å²) in [7, 11) is 0. The van der Waals surface area contributed by atoms with Crippen LogP contribution in [-0.2, 0) is 0 Å². The molecule has 1 nitrogen and oxygen atoms in total. The summed E-state index contributed by atoms with van der Waals surface area (Å²) in [6.07, 6.45) is 2.31. The normalized spacial score (nSPS) is 12.8. The fourth-order valence-corrected chi connectivity index (χ4v) is 2.48. The molecule has 0 aliphatic heterocycles. The monoisotopic (exact) mass is 269 g/mol. The third-order valence-corrected chi connectivity index (χ3v) is 3.27. The third-order valence-electron chi connectivity index (χ3n) is 2.58. The maximum Gasteiger partial charge on any atom is 0.0328 e. The van der Waals surface area contributed by atoms with Crippen molar-refractivity contribution in [3.63, 3.8) is 0 Å². The van der Waals surface area contributed by atoms with E-state index in [-0.39, 0.29) is 0 Å². The largest absolute Gasteiger partial charge is 0.310 e. The fourth-order valence-electron chi connectivity index (χ4n) is 1.71. The van der Waals surface area contributed by atoms with E-state index in [2.05, 4.69) is 60.2 Å². The van der Waals surface area contributed by atoms with Gasteiger partial charge in [-0.1, -0.05) is 41.9 Å². The van der Waals surface area contributed by atoms with Crippen LogP contribution < -0.4 is 5.32 Å². The van der Waals surface area contributed by atoms with Crippen molar-refractivity contribution in [1.82, 2.24) is 5.32 Å². The highest BCUT2D eigenvalue weighted by Gasteiger charge is 2.11. The molecule has 1 unspecified atom stereocenters. The van der Waals surface area contributed by atoms with Gasteiger partial charge in [-0.15, -0.1) is 0 Å². The molecule has 1 atom stereocenters. The van der Waals surface area contributed by atoms with E-state index in [1.54, 1.807) is 0 Å². The molecule has 0 saturated carbocycles. The van der Waals surface area contributed by atoms with Crippen molar-refractivity contribution >= 4 is 15.9 Å². The highest BCUT2D eigenvalue weighted by atomic mass is 79.9. The van der Waals surface area contributed by atoms with Crippen LogP contribution in [0.15, 0.2) is 22.7 Å². The Labute approximate surface area is 101 Å². The number of rotatable bonds is 5. The van der Waals surface area contributed by atoms with Crippen LogP contribution in [0.3, 0.4) is 0 Å². The van der Waals surface area contributed by atoms with Crippen LogP contribution in [0.25, 0.3) is 0 Å². The van der Waals surface area contributed by atoms with Crippen molar-refractivity contribution < 1.29 is 0 Å². The summed E-state index contributed by atoms with van der Waals surface area (Å²) in [6, 6.07) is 7.05. The Morgan fingerprint density at radius 3 is 2.60 bits per heavy atom. The molecule has 0 radical (unpaired) electrons. The van der Waals surface area contributed by atoms with Gasteiger partial charge in [-0.05, 0) is 43.5 Å². The Hall–Kier alpha value is -0.340. The Morgan fingerprint density at radius 2 is 2.07 bits per heavy atom. The maximum atomic E-state index is 3.64. The molecular formula is C13H20BrN. The van der Waals surface area contributed by atoms with E-state index in [9.17, 15) is 0 Å². The first-order chi connectivity index (χ1) is 7.19. The van der Waals surface area contributed by atoms with Gasteiger partial charge in [0.2, 0.25) is 0 Å². The van der Waals surface area contributed by atoms with Gasteiger partial charge in [0.25, 0.3) is 0 Å². The summed E-state index contributed by atoms with van der Waals surface area (Å²) in [5, 5.41) is 3.57. The average molecular weight is 270 g/mol. The van der Waals surface area contributed by atoms with E-state index in [4.69, 9.17) is 0 Å². The molecule has 0 saturated heterocycles. The van der Waals surface area contributed by atoms with Crippen molar-refractivity contribution in [1.29, 1.82) is 0 Å². The van der Waals surface area contributed by atoms with Crippen LogP contribution in [0.4, 0.5) is 0 Å². The smallest absolute Gasteiger partial charge is 0.0328 e. The molecule has 1 aromatic rings.